The molecule has 7 heteroatoms. The summed E-state index contributed by atoms with van der Waals surface area (Å²) in [4.78, 5) is 5.01. The lowest BCUT2D eigenvalue weighted by molar-refractivity contribution is -0.137. The van der Waals surface area contributed by atoms with Gasteiger partial charge in [-0.2, -0.15) is 13.2 Å². The molecule has 0 amide bonds. The molecule has 6 aromatic rings. The van der Waals surface area contributed by atoms with Gasteiger partial charge in [0.15, 0.2) is 0 Å². The van der Waals surface area contributed by atoms with E-state index in [2.05, 4.69) is 59.9 Å². The minimum Gasteiger partial charge on any atom is -0.379 e. The fraction of sp³-hybridized carbons (Fsp3) is 0.0789. The maximum absolute atomic E-state index is 14.0. The Morgan fingerprint density at radius 2 is 1.02 bits per heavy atom. The maximum Gasteiger partial charge on any atom is 0.416 e. The minimum atomic E-state index is -4.45. The van der Waals surface area contributed by atoms with E-state index in [0.717, 1.165) is 34.2 Å². The van der Waals surface area contributed by atoms with E-state index >= 15 is 0 Å². The van der Waals surface area contributed by atoms with E-state index in [0.29, 0.717) is 17.5 Å². The van der Waals surface area contributed by atoms with Gasteiger partial charge >= 0.3 is 6.18 Å². The van der Waals surface area contributed by atoms with Gasteiger partial charge in [0.2, 0.25) is 0 Å². The van der Waals surface area contributed by atoms with Crippen LogP contribution in [0.4, 0.5) is 18.9 Å². The van der Waals surface area contributed by atoms with E-state index in [1.807, 2.05) is 84.9 Å². The quantitative estimate of drug-likeness (QED) is 0.154. The van der Waals surface area contributed by atoms with Crippen LogP contribution < -0.4 is 31.8 Å². The van der Waals surface area contributed by atoms with Gasteiger partial charge in [0, 0.05) is 22.8 Å². The highest BCUT2D eigenvalue weighted by Gasteiger charge is 2.32. The molecule has 1 aromatic heterocycles. The number of nitrogens with one attached hydrogen (secondary N) is 1. The largest absolute Gasteiger partial charge is 0.416 e. The Labute approximate surface area is 264 Å². The summed E-state index contributed by atoms with van der Waals surface area (Å²) in [5.41, 5.74) is 1.83. The van der Waals surface area contributed by atoms with Gasteiger partial charge in [-0.25, -0.2) is 0 Å². The number of nitrogens with zero attached hydrogens (tertiary/aromatic N) is 1. The second-order valence-corrected chi connectivity index (χ2v) is 14.9. The van der Waals surface area contributed by atoms with Gasteiger partial charge in [-0.3, -0.25) is 4.98 Å². The van der Waals surface area contributed by atoms with Crippen LogP contribution in [0.1, 0.15) is 17.0 Å². The second-order valence-electron chi connectivity index (χ2n) is 10.5. The van der Waals surface area contributed by atoms with Crippen LogP contribution >= 0.6 is 15.8 Å². The molecular weight excluding hydrogens is 603 g/mol. The molecule has 224 valence electrons. The summed E-state index contributed by atoms with van der Waals surface area (Å²) in [6.45, 7) is 0.382. The lowest BCUT2D eigenvalue weighted by atomic mass is 10.2. The lowest BCUT2D eigenvalue weighted by Crippen LogP contribution is -2.24. The van der Waals surface area contributed by atoms with Crippen LogP contribution in [0.15, 0.2) is 158 Å². The van der Waals surface area contributed by atoms with Crippen LogP contribution in [-0.2, 0) is 18.9 Å². The number of alkyl halides is 3. The molecule has 0 aliphatic rings. The number of pyridine rings is 1. The highest BCUT2D eigenvalue weighted by molar-refractivity contribution is 7.80. The highest BCUT2D eigenvalue weighted by Crippen LogP contribution is 2.39. The van der Waals surface area contributed by atoms with Gasteiger partial charge < -0.3 is 5.32 Å². The van der Waals surface area contributed by atoms with Crippen molar-refractivity contribution in [1.82, 2.24) is 4.98 Å². The summed E-state index contributed by atoms with van der Waals surface area (Å²) in [5, 5.41) is 8.63. The molecule has 0 atom stereocenters. The molecule has 2 nitrogen and oxygen atoms in total. The average Bonchev–Trinajstić information content (AvgIpc) is 3.08. The Balaban J connectivity index is 1.32. The van der Waals surface area contributed by atoms with E-state index < -0.39 is 27.6 Å². The topological polar surface area (TPSA) is 24.9 Å². The predicted molar refractivity (Wildman–Crippen MR) is 184 cm³/mol. The Bertz CT molecular complexity index is 1740. The van der Waals surface area contributed by atoms with Crippen LogP contribution in [0.5, 0.6) is 0 Å². The molecule has 0 unspecified atom stereocenters. The normalized spacial score (nSPS) is 11.6. The second kappa shape index (κ2) is 14.2. The molecule has 1 N–H and O–H groups in total. The standard InChI is InChI=1S/C38H31F3N2P2/c39-38(40,41)29-24-25-36(37(26-29)45(34-20-9-3-10-21-34)35-22-11-4-12-23-35)42-27-30-14-13-15-31(43-30)28-44(32-16-5-1-6-17-32)33-18-7-2-8-19-33/h1-26,42H,27-28H2. The number of benzene rings is 5. The monoisotopic (exact) mass is 634 g/mol. The zero-order valence-corrected chi connectivity index (χ0v) is 26.2. The van der Waals surface area contributed by atoms with Crippen molar-refractivity contribution in [2.75, 3.05) is 5.32 Å². The van der Waals surface area contributed by atoms with Crippen LogP contribution in [0.25, 0.3) is 0 Å². The van der Waals surface area contributed by atoms with Crippen LogP contribution in [0.2, 0.25) is 0 Å². The Hall–Kier alpha value is -4.30. The maximum atomic E-state index is 14.0. The van der Waals surface area contributed by atoms with Gasteiger partial charge in [0.1, 0.15) is 0 Å². The molecular formula is C38H31F3N2P2. The van der Waals surface area contributed by atoms with Crippen molar-refractivity contribution in [3.8, 4) is 0 Å². The zero-order valence-electron chi connectivity index (χ0n) is 24.4. The summed E-state index contributed by atoms with van der Waals surface area (Å²) in [7, 11) is -1.92. The Morgan fingerprint density at radius 1 is 0.533 bits per heavy atom. The van der Waals surface area contributed by atoms with E-state index in [-0.39, 0.29) is 0 Å². The molecule has 45 heavy (non-hydrogen) atoms. The third kappa shape index (κ3) is 7.68. The number of aromatic nitrogens is 1. The average molecular weight is 635 g/mol. The van der Waals surface area contributed by atoms with Crippen molar-refractivity contribution >= 4 is 48.1 Å². The molecule has 0 bridgehead atoms. The van der Waals surface area contributed by atoms with Crippen molar-refractivity contribution in [2.45, 2.75) is 18.9 Å². The number of hydrogen-bond acceptors (Lipinski definition) is 2. The van der Waals surface area contributed by atoms with E-state index in [9.17, 15) is 13.2 Å². The van der Waals surface area contributed by atoms with Crippen LogP contribution in [-0.4, -0.2) is 4.98 Å². The third-order valence-corrected chi connectivity index (χ3v) is 12.3. The summed E-state index contributed by atoms with van der Waals surface area (Å²) >= 11 is 0. The molecule has 6 rings (SSSR count). The molecule has 0 spiro atoms. The van der Waals surface area contributed by atoms with E-state index in [4.69, 9.17) is 4.98 Å². The first kappa shape index (κ1) is 30.7. The minimum absolute atomic E-state index is 0.382. The summed E-state index contributed by atoms with van der Waals surface area (Å²) in [5.74, 6) is 0. The number of anilines is 1. The Kier molecular flexibility index (Phi) is 9.69. The van der Waals surface area contributed by atoms with Crippen LogP contribution in [0, 0.1) is 0 Å². The molecule has 0 saturated carbocycles. The first-order chi connectivity index (χ1) is 22.0. The number of hydrogen-bond donors (Lipinski definition) is 1. The highest BCUT2D eigenvalue weighted by atomic mass is 31.1. The van der Waals surface area contributed by atoms with Gasteiger partial charge in [0.05, 0.1) is 17.8 Å². The third-order valence-electron chi connectivity index (χ3n) is 7.37. The summed E-state index contributed by atoms with van der Waals surface area (Å²) in [6.07, 6.45) is -3.66. The number of rotatable bonds is 10. The SMILES string of the molecule is FC(F)(F)c1ccc(NCc2cccc(CP(c3ccccc3)c3ccccc3)n2)c(P(c2ccccc2)c2ccccc2)c1. The van der Waals surface area contributed by atoms with Crippen molar-refractivity contribution in [1.29, 1.82) is 0 Å². The fourth-order valence-corrected chi connectivity index (χ4v) is 9.92. The molecule has 5 aromatic carbocycles. The molecule has 0 aliphatic heterocycles. The molecule has 0 saturated heterocycles. The van der Waals surface area contributed by atoms with E-state index in [1.54, 1.807) is 6.07 Å². The smallest absolute Gasteiger partial charge is 0.379 e. The molecule has 0 aliphatic carbocycles. The zero-order chi connectivity index (χ0) is 31.1. The van der Waals surface area contributed by atoms with Crippen molar-refractivity contribution in [3.05, 3.63) is 175 Å². The molecule has 1 heterocycles. The van der Waals surface area contributed by atoms with Gasteiger partial charge in [-0.15, -0.1) is 0 Å². The van der Waals surface area contributed by atoms with Gasteiger partial charge in [-0.1, -0.05) is 127 Å². The first-order valence-corrected chi connectivity index (χ1v) is 17.5. The van der Waals surface area contributed by atoms with Crippen molar-refractivity contribution in [3.63, 3.8) is 0 Å². The van der Waals surface area contributed by atoms with E-state index in [1.165, 1.54) is 16.7 Å². The molecule has 0 fully saturated rings. The van der Waals surface area contributed by atoms with Crippen molar-refractivity contribution < 1.29 is 13.2 Å². The Morgan fingerprint density at radius 3 is 1.53 bits per heavy atom. The molecule has 0 radical (unpaired) electrons. The summed E-state index contributed by atoms with van der Waals surface area (Å²) < 4.78 is 42.0. The van der Waals surface area contributed by atoms with Crippen LogP contribution in [0.3, 0.4) is 0 Å². The van der Waals surface area contributed by atoms with Crippen molar-refractivity contribution in [2.24, 2.45) is 0 Å². The number of halogens is 3. The van der Waals surface area contributed by atoms with Gasteiger partial charge in [0.25, 0.3) is 0 Å². The lowest BCUT2D eigenvalue weighted by Gasteiger charge is -2.24. The fourth-order valence-electron chi connectivity index (χ4n) is 5.23. The van der Waals surface area contributed by atoms with Gasteiger partial charge in [-0.05, 0) is 67.4 Å². The first-order valence-electron chi connectivity index (χ1n) is 14.6. The summed E-state index contributed by atoms with van der Waals surface area (Å²) in [6, 6.07) is 50.7. The predicted octanol–water partition coefficient (Wildman–Crippen LogP) is 8.10.